The van der Waals surface area contributed by atoms with Crippen molar-refractivity contribution in [2.45, 2.75) is 38.8 Å². The molecule has 0 aromatic carbocycles. The van der Waals surface area contributed by atoms with Gasteiger partial charge < -0.3 is 15.0 Å². The maximum absolute atomic E-state index is 12.7. The fourth-order valence-corrected chi connectivity index (χ4v) is 5.48. The number of hydrogen-bond acceptors (Lipinski definition) is 8. The molecular formula is C20H23N3O4S3. The molecule has 3 heterocycles. The van der Waals surface area contributed by atoms with Crippen LogP contribution in [0.3, 0.4) is 0 Å². The molecule has 0 aliphatic carbocycles. The third-order valence-corrected chi connectivity index (χ3v) is 7.55. The molecule has 3 aromatic heterocycles. The van der Waals surface area contributed by atoms with Crippen molar-refractivity contribution in [3.63, 3.8) is 0 Å². The number of anilines is 1. The van der Waals surface area contributed by atoms with E-state index in [-0.39, 0.29) is 17.2 Å². The van der Waals surface area contributed by atoms with Gasteiger partial charge in [-0.1, -0.05) is 32.0 Å². The predicted octanol–water partition coefficient (Wildman–Crippen LogP) is 4.46. The summed E-state index contributed by atoms with van der Waals surface area (Å²) in [6, 6.07) is 1.65. The lowest BCUT2D eigenvalue weighted by molar-refractivity contribution is -0.113. The van der Waals surface area contributed by atoms with Gasteiger partial charge in [-0.2, -0.15) is 0 Å². The summed E-state index contributed by atoms with van der Waals surface area (Å²) in [4.78, 5) is 46.2. The molecule has 30 heavy (non-hydrogen) atoms. The summed E-state index contributed by atoms with van der Waals surface area (Å²) >= 11 is 3.86. The Kier molecular flexibility index (Phi) is 7.32. The number of nitrogens with one attached hydrogen (secondary N) is 2. The fraction of sp³-hybridized carbons (Fsp3) is 0.400. The van der Waals surface area contributed by atoms with Crippen LogP contribution in [0.2, 0.25) is 0 Å². The first-order chi connectivity index (χ1) is 14.3. The second kappa shape index (κ2) is 9.76. The zero-order valence-corrected chi connectivity index (χ0v) is 19.6. The van der Waals surface area contributed by atoms with Crippen molar-refractivity contribution in [3.05, 3.63) is 37.1 Å². The van der Waals surface area contributed by atoms with Crippen molar-refractivity contribution in [1.82, 2.24) is 9.97 Å². The molecule has 2 N–H and O–H groups in total. The fourth-order valence-electron chi connectivity index (χ4n) is 2.94. The number of amides is 1. The van der Waals surface area contributed by atoms with Gasteiger partial charge in [0.25, 0.3) is 5.56 Å². The number of aryl methyl sites for hydroxylation is 1. The first kappa shape index (κ1) is 22.5. The number of carbonyl (C=O) groups excluding carboxylic acids is 2. The highest BCUT2D eigenvalue weighted by molar-refractivity contribution is 7.99. The van der Waals surface area contributed by atoms with E-state index in [9.17, 15) is 14.4 Å². The number of fused-ring (bicyclic) bond motifs is 1. The minimum Gasteiger partial charge on any atom is -0.465 e. The van der Waals surface area contributed by atoms with E-state index in [0.29, 0.717) is 31.9 Å². The first-order valence-corrected chi connectivity index (χ1v) is 12.1. The van der Waals surface area contributed by atoms with E-state index in [1.54, 1.807) is 11.4 Å². The molecule has 1 amide bonds. The van der Waals surface area contributed by atoms with E-state index in [4.69, 9.17) is 4.74 Å². The van der Waals surface area contributed by atoms with E-state index in [1.165, 1.54) is 29.8 Å². The lowest BCUT2D eigenvalue weighted by Gasteiger charge is -2.08. The number of hydrogen-bond donors (Lipinski definition) is 2. The van der Waals surface area contributed by atoms with Crippen LogP contribution in [-0.2, 0) is 16.0 Å². The lowest BCUT2D eigenvalue weighted by atomic mass is 9.98. The number of methoxy groups -OCH3 is 1. The number of aromatic nitrogens is 2. The van der Waals surface area contributed by atoms with Crippen LogP contribution < -0.4 is 10.9 Å². The van der Waals surface area contributed by atoms with Gasteiger partial charge in [0.15, 0.2) is 5.16 Å². The molecule has 0 saturated heterocycles. The number of thioether (sulfide) groups is 1. The SMILES string of the molecule is CCC(C)Cc1c(C)sc2nc(SCC(=O)Nc3ccsc3C(=O)OC)[nH]c(=O)c12. The topological polar surface area (TPSA) is 101 Å². The summed E-state index contributed by atoms with van der Waals surface area (Å²) in [6.45, 7) is 6.33. The Morgan fingerprint density at radius 3 is 2.87 bits per heavy atom. The minimum absolute atomic E-state index is 0.0506. The third-order valence-electron chi connectivity index (χ3n) is 4.74. The van der Waals surface area contributed by atoms with E-state index in [2.05, 4.69) is 29.1 Å². The molecule has 0 radical (unpaired) electrons. The molecule has 160 valence electrons. The van der Waals surface area contributed by atoms with Crippen LogP contribution >= 0.6 is 34.4 Å². The summed E-state index contributed by atoms with van der Waals surface area (Å²) in [6.07, 6.45) is 1.90. The summed E-state index contributed by atoms with van der Waals surface area (Å²) in [5, 5.41) is 5.47. The van der Waals surface area contributed by atoms with Gasteiger partial charge in [0.1, 0.15) is 9.71 Å². The molecular weight excluding hydrogens is 442 g/mol. The molecule has 3 rings (SSSR count). The van der Waals surface area contributed by atoms with Crippen molar-refractivity contribution in [2.75, 3.05) is 18.2 Å². The standard InChI is InChI=1S/C20H23N3O4S3/c1-5-10(2)8-12-11(3)30-18-15(12)17(25)22-20(23-18)29-9-14(24)21-13-6-7-28-16(13)19(26)27-4/h6-7,10H,5,8-9H2,1-4H3,(H,21,24)(H,22,23,25). The van der Waals surface area contributed by atoms with Crippen LogP contribution in [0.15, 0.2) is 21.4 Å². The van der Waals surface area contributed by atoms with Crippen LogP contribution in [-0.4, -0.2) is 34.7 Å². The summed E-state index contributed by atoms with van der Waals surface area (Å²) in [7, 11) is 1.29. The highest BCUT2D eigenvalue weighted by atomic mass is 32.2. The summed E-state index contributed by atoms with van der Waals surface area (Å²) in [5.74, 6) is -0.253. The zero-order chi connectivity index (χ0) is 21.8. The van der Waals surface area contributed by atoms with Gasteiger partial charge in [0.2, 0.25) is 5.91 Å². The number of ether oxygens (including phenoxy) is 1. The third kappa shape index (κ3) is 4.93. The molecule has 0 spiro atoms. The number of rotatable bonds is 8. The molecule has 0 aliphatic rings. The molecule has 0 saturated carbocycles. The van der Waals surface area contributed by atoms with Crippen molar-refractivity contribution in [3.8, 4) is 0 Å². The Labute approximate surface area is 186 Å². The maximum Gasteiger partial charge on any atom is 0.350 e. The monoisotopic (exact) mass is 465 g/mol. The zero-order valence-electron chi connectivity index (χ0n) is 17.2. The van der Waals surface area contributed by atoms with Gasteiger partial charge in [0, 0.05) is 4.88 Å². The average molecular weight is 466 g/mol. The van der Waals surface area contributed by atoms with Crippen molar-refractivity contribution in [1.29, 1.82) is 0 Å². The van der Waals surface area contributed by atoms with E-state index >= 15 is 0 Å². The molecule has 10 heteroatoms. The van der Waals surface area contributed by atoms with Gasteiger partial charge in [-0.05, 0) is 36.3 Å². The summed E-state index contributed by atoms with van der Waals surface area (Å²) in [5.41, 5.74) is 1.31. The number of carbonyl (C=O) groups is 2. The Bertz CT molecular complexity index is 1130. The predicted molar refractivity (Wildman–Crippen MR) is 123 cm³/mol. The first-order valence-electron chi connectivity index (χ1n) is 9.44. The normalized spacial score (nSPS) is 12.1. The molecule has 1 atom stereocenters. The van der Waals surface area contributed by atoms with Crippen molar-refractivity contribution < 1.29 is 14.3 Å². The highest BCUT2D eigenvalue weighted by Crippen LogP contribution is 2.30. The van der Waals surface area contributed by atoms with Crippen LogP contribution in [0.5, 0.6) is 0 Å². The molecule has 0 bridgehead atoms. The molecule has 7 nitrogen and oxygen atoms in total. The van der Waals surface area contributed by atoms with Crippen LogP contribution in [0.25, 0.3) is 10.2 Å². The molecule has 3 aromatic rings. The van der Waals surface area contributed by atoms with Crippen LogP contribution in [0, 0.1) is 12.8 Å². The molecule has 1 unspecified atom stereocenters. The number of nitrogens with zero attached hydrogens (tertiary/aromatic N) is 1. The second-order valence-electron chi connectivity index (χ2n) is 6.90. The lowest BCUT2D eigenvalue weighted by Crippen LogP contribution is -2.17. The smallest absolute Gasteiger partial charge is 0.350 e. The van der Waals surface area contributed by atoms with Gasteiger partial charge in [-0.15, -0.1) is 22.7 Å². The van der Waals surface area contributed by atoms with E-state index in [0.717, 1.165) is 35.0 Å². The second-order valence-corrected chi connectivity index (χ2v) is 9.98. The van der Waals surface area contributed by atoms with Crippen LogP contribution in [0.4, 0.5) is 5.69 Å². The number of H-pyrrole nitrogens is 1. The maximum atomic E-state index is 12.7. The van der Waals surface area contributed by atoms with Gasteiger partial charge in [0.05, 0.1) is 23.9 Å². The minimum atomic E-state index is -0.495. The Balaban J connectivity index is 1.72. The van der Waals surface area contributed by atoms with Crippen LogP contribution in [0.1, 0.15) is 40.4 Å². The Morgan fingerprint density at radius 1 is 1.40 bits per heavy atom. The van der Waals surface area contributed by atoms with Crippen molar-refractivity contribution in [2.24, 2.45) is 5.92 Å². The van der Waals surface area contributed by atoms with Crippen molar-refractivity contribution >= 4 is 62.2 Å². The Morgan fingerprint density at radius 2 is 2.17 bits per heavy atom. The largest absolute Gasteiger partial charge is 0.465 e. The Hall–Kier alpha value is -2.17. The average Bonchev–Trinajstić information content (AvgIpc) is 3.30. The van der Waals surface area contributed by atoms with E-state index < -0.39 is 5.97 Å². The van der Waals surface area contributed by atoms with Gasteiger partial charge in [-0.25, -0.2) is 9.78 Å². The summed E-state index contributed by atoms with van der Waals surface area (Å²) < 4.78 is 4.71. The van der Waals surface area contributed by atoms with Gasteiger partial charge >= 0.3 is 5.97 Å². The molecule has 0 fully saturated rings. The number of thiophene rings is 2. The number of aromatic amines is 1. The quantitative estimate of drug-likeness (QED) is 0.289. The molecule has 0 aliphatic heterocycles. The number of esters is 1. The highest BCUT2D eigenvalue weighted by Gasteiger charge is 2.18. The van der Waals surface area contributed by atoms with Gasteiger partial charge in [-0.3, -0.25) is 9.59 Å². The van der Waals surface area contributed by atoms with E-state index in [1.807, 2.05) is 6.92 Å².